The normalized spacial score (nSPS) is 17.8. The number of carbonyl (C=O) groups is 1. The van der Waals surface area contributed by atoms with Crippen LogP contribution in [0.25, 0.3) is 0 Å². The molecule has 132 valence electrons. The highest BCUT2D eigenvalue weighted by Crippen LogP contribution is 2.31. The number of fused-ring (bicyclic) bond motifs is 1. The molecule has 6 heteroatoms. The van der Waals surface area contributed by atoms with Crippen molar-refractivity contribution in [3.05, 3.63) is 70.8 Å². The standard InChI is InChI=1S/C19H18F3NO2/c1-25-18(24)17-10-14-6-2-3-7-15(14)12-23(17)11-13-5-4-8-16(9-13)19(20,21)22/h2-9,17H,10-12H2,1H3. The van der Waals surface area contributed by atoms with Crippen molar-refractivity contribution in [2.24, 2.45) is 0 Å². The summed E-state index contributed by atoms with van der Waals surface area (Å²) in [6.07, 6.45) is -3.89. The highest BCUT2D eigenvalue weighted by atomic mass is 19.4. The average Bonchev–Trinajstić information content (AvgIpc) is 2.60. The molecule has 1 heterocycles. The Labute approximate surface area is 144 Å². The van der Waals surface area contributed by atoms with Crippen molar-refractivity contribution in [1.29, 1.82) is 0 Å². The molecule has 0 aromatic heterocycles. The molecule has 1 aliphatic heterocycles. The number of methoxy groups -OCH3 is 1. The van der Waals surface area contributed by atoms with E-state index in [0.717, 1.165) is 23.3 Å². The molecule has 0 radical (unpaired) electrons. The van der Waals surface area contributed by atoms with Crippen LogP contribution < -0.4 is 0 Å². The minimum absolute atomic E-state index is 0.248. The summed E-state index contributed by atoms with van der Waals surface area (Å²) in [7, 11) is 1.32. The number of hydrogen-bond donors (Lipinski definition) is 0. The topological polar surface area (TPSA) is 29.5 Å². The zero-order chi connectivity index (χ0) is 18.0. The maximum Gasteiger partial charge on any atom is 0.416 e. The predicted molar refractivity (Wildman–Crippen MR) is 86.6 cm³/mol. The van der Waals surface area contributed by atoms with Crippen LogP contribution in [0.2, 0.25) is 0 Å². The lowest BCUT2D eigenvalue weighted by Gasteiger charge is -2.35. The molecule has 2 aromatic carbocycles. The van der Waals surface area contributed by atoms with E-state index in [9.17, 15) is 18.0 Å². The van der Waals surface area contributed by atoms with Gasteiger partial charge in [0.1, 0.15) is 6.04 Å². The number of rotatable bonds is 3. The van der Waals surface area contributed by atoms with Gasteiger partial charge in [-0.1, -0.05) is 42.5 Å². The van der Waals surface area contributed by atoms with E-state index in [1.54, 1.807) is 6.07 Å². The number of halogens is 3. The maximum absolute atomic E-state index is 12.9. The first-order chi connectivity index (χ1) is 11.9. The number of nitrogens with zero attached hydrogens (tertiary/aromatic N) is 1. The molecular weight excluding hydrogens is 331 g/mol. The van der Waals surface area contributed by atoms with Crippen LogP contribution in [-0.2, 0) is 35.2 Å². The van der Waals surface area contributed by atoms with E-state index >= 15 is 0 Å². The number of benzene rings is 2. The second-order valence-electron chi connectivity index (χ2n) is 6.11. The van der Waals surface area contributed by atoms with Gasteiger partial charge in [0.15, 0.2) is 0 Å². The molecule has 1 aliphatic rings. The third-order valence-corrected chi connectivity index (χ3v) is 4.46. The van der Waals surface area contributed by atoms with Gasteiger partial charge in [-0.05, 0) is 29.2 Å². The Morgan fingerprint density at radius 3 is 2.56 bits per heavy atom. The predicted octanol–water partition coefficient (Wildman–Crippen LogP) is 3.81. The SMILES string of the molecule is COC(=O)C1Cc2ccccc2CN1Cc1cccc(C(F)(F)F)c1. The third-order valence-electron chi connectivity index (χ3n) is 4.46. The van der Waals surface area contributed by atoms with E-state index in [0.29, 0.717) is 18.5 Å². The fourth-order valence-corrected chi connectivity index (χ4v) is 3.19. The van der Waals surface area contributed by atoms with Gasteiger partial charge in [0.25, 0.3) is 0 Å². The van der Waals surface area contributed by atoms with Gasteiger partial charge >= 0.3 is 12.1 Å². The van der Waals surface area contributed by atoms with Crippen LogP contribution in [0.3, 0.4) is 0 Å². The molecule has 0 saturated heterocycles. The van der Waals surface area contributed by atoms with Crippen LogP contribution in [0.5, 0.6) is 0 Å². The Kier molecular flexibility index (Phi) is 4.81. The summed E-state index contributed by atoms with van der Waals surface area (Å²) in [6.45, 7) is 0.740. The molecule has 0 N–H and O–H groups in total. The number of alkyl halides is 3. The van der Waals surface area contributed by atoms with Crippen molar-refractivity contribution in [2.45, 2.75) is 31.7 Å². The van der Waals surface area contributed by atoms with Crippen LogP contribution in [0.4, 0.5) is 13.2 Å². The van der Waals surface area contributed by atoms with Gasteiger partial charge in [-0.3, -0.25) is 9.69 Å². The molecule has 25 heavy (non-hydrogen) atoms. The highest BCUT2D eigenvalue weighted by Gasteiger charge is 2.33. The van der Waals surface area contributed by atoms with Crippen LogP contribution in [0, 0.1) is 0 Å². The Hall–Kier alpha value is -2.34. The summed E-state index contributed by atoms with van der Waals surface area (Å²) in [6, 6.07) is 12.5. The van der Waals surface area contributed by atoms with Gasteiger partial charge in [0.05, 0.1) is 12.7 Å². The Balaban J connectivity index is 1.88. The van der Waals surface area contributed by atoms with Gasteiger partial charge in [0.2, 0.25) is 0 Å². The summed E-state index contributed by atoms with van der Waals surface area (Å²) >= 11 is 0. The van der Waals surface area contributed by atoms with Crippen LogP contribution in [0.15, 0.2) is 48.5 Å². The molecule has 0 bridgehead atoms. The number of ether oxygens (including phenoxy) is 1. The lowest BCUT2D eigenvalue weighted by Crippen LogP contribution is -2.45. The van der Waals surface area contributed by atoms with Crippen molar-refractivity contribution in [3.63, 3.8) is 0 Å². The van der Waals surface area contributed by atoms with Gasteiger partial charge in [-0.2, -0.15) is 13.2 Å². The number of hydrogen-bond acceptors (Lipinski definition) is 3. The molecule has 1 atom stereocenters. The largest absolute Gasteiger partial charge is 0.468 e. The van der Waals surface area contributed by atoms with Crippen LogP contribution in [-0.4, -0.2) is 24.0 Å². The van der Waals surface area contributed by atoms with Gasteiger partial charge in [0, 0.05) is 13.1 Å². The minimum Gasteiger partial charge on any atom is -0.468 e. The molecule has 0 fully saturated rings. The quantitative estimate of drug-likeness (QED) is 0.790. The summed E-state index contributed by atoms with van der Waals surface area (Å²) < 4.78 is 43.6. The van der Waals surface area contributed by atoms with Crippen molar-refractivity contribution >= 4 is 5.97 Å². The zero-order valence-electron chi connectivity index (χ0n) is 13.7. The van der Waals surface area contributed by atoms with Crippen molar-refractivity contribution in [1.82, 2.24) is 4.90 Å². The number of esters is 1. The molecule has 2 aromatic rings. The smallest absolute Gasteiger partial charge is 0.416 e. The summed E-state index contributed by atoms with van der Waals surface area (Å²) in [5, 5.41) is 0. The summed E-state index contributed by atoms with van der Waals surface area (Å²) in [5.74, 6) is -0.374. The summed E-state index contributed by atoms with van der Waals surface area (Å²) in [4.78, 5) is 14.0. The Morgan fingerprint density at radius 1 is 1.16 bits per heavy atom. The molecule has 0 spiro atoms. The van der Waals surface area contributed by atoms with E-state index < -0.39 is 17.8 Å². The first-order valence-corrected chi connectivity index (χ1v) is 7.93. The summed E-state index contributed by atoms with van der Waals surface area (Å²) in [5.41, 5.74) is 1.98. The molecule has 3 nitrogen and oxygen atoms in total. The molecule has 0 saturated carbocycles. The van der Waals surface area contributed by atoms with E-state index in [1.807, 2.05) is 29.2 Å². The maximum atomic E-state index is 12.9. The van der Waals surface area contributed by atoms with Crippen molar-refractivity contribution in [3.8, 4) is 0 Å². The third kappa shape index (κ3) is 3.85. The second kappa shape index (κ2) is 6.88. The average molecular weight is 349 g/mol. The number of carbonyl (C=O) groups excluding carboxylic acids is 1. The van der Waals surface area contributed by atoms with E-state index in [2.05, 4.69) is 0 Å². The van der Waals surface area contributed by atoms with E-state index in [4.69, 9.17) is 4.74 Å². The minimum atomic E-state index is -4.38. The van der Waals surface area contributed by atoms with E-state index in [-0.39, 0.29) is 12.5 Å². The monoisotopic (exact) mass is 349 g/mol. The lowest BCUT2D eigenvalue weighted by atomic mass is 9.93. The Morgan fingerprint density at radius 2 is 1.88 bits per heavy atom. The second-order valence-corrected chi connectivity index (χ2v) is 6.11. The fourth-order valence-electron chi connectivity index (χ4n) is 3.19. The first kappa shape index (κ1) is 17.5. The van der Waals surface area contributed by atoms with Crippen LogP contribution in [0.1, 0.15) is 22.3 Å². The molecule has 3 rings (SSSR count). The first-order valence-electron chi connectivity index (χ1n) is 7.93. The van der Waals surface area contributed by atoms with Crippen molar-refractivity contribution in [2.75, 3.05) is 7.11 Å². The molecule has 0 amide bonds. The van der Waals surface area contributed by atoms with Gasteiger partial charge < -0.3 is 4.74 Å². The Bertz CT molecular complexity index is 773. The molecule has 0 aliphatic carbocycles. The highest BCUT2D eigenvalue weighted by molar-refractivity contribution is 5.76. The van der Waals surface area contributed by atoms with E-state index in [1.165, 1.54) is 13.2 Å². The van der Waals surface area contributed by atoms with Gasteiger partial charge in [-0.25, -0.2) is 0 Å². The fraction of sp³-hybridized carbons (Fsp3) is 0.316. The molecule has 1 unspecified atom stereocenters. The molecular formula is C19H18F3NO2. The lowest BCUT2D eigenvalue weighted by molar-refractivity contribution is -0.148. The van der Waals surface area contributed by atoms with Gasteiger partial charge in [-0.15, -0.1) is 0 Å². The van der Waals surface area contributed by atoms with Crippen molar-refractivity contribution < 1.29 is 22.7 Å². The van der Waals surface area contributed by atoms with Crippen LogP contribution >= 0.6 is 0 Å². The zero-order valence-corrected chi connectivity index (χ0v) is 13.7.